The molecular weight excluding hydrogens is 393 g/mol. The van der Waals surface area contributed by atoms with Gasteiger partial charge in [-0.3, -0.25) is 9.47 Å². The second-order valence-electron chi connectivity index (χ2n) is 7.21. The van der Waals surface area contributed by atoms with Crippen molar-refractivity contribution in [3.05, 3.63) is 87.3 Å². The summed E-state index contributed by atoms with van der Waals surface area (Å²) in [5.41, 5.74) is 1.68. The van der Waals surface area contributed by atoms with E-state index in [4.69, 9.17) is 11.6 Å². The minimum Gasteiger partial charge on any atom is -0.350 e. The van der Waals surface area contributed by atoms with Gasteiger partial charge in [0.25, 0.3) is 0 Å². The molecular formula is C21H21ClFN5O. The summed E-state index contributed by atoms with van der Waals surface area (Å²) in [6.45, 7) is 2.89. The fourth-order valence-corrected chi connectivity index (χ4v) is 3.57. The van der Waals surface area contributed by atoms with E-state index < -0.39 is 0 Å². The van der Waals surface area contributed by atoms with Crippen molar-refractivity contribution in [2.75, 3.05) is 18.4 Å². The molecule has 29 heavy (non-hydrogen) atoms. The van der Waals surface area contributed by atoms with Gasteiger partial charge in [-0.15, -0.1) is 0 Å². The van der Waals surface area contributed by atoms with Gasteiger partial charge in [0.15, 0.2) is 0 Å². The number of aromatic nitrogens is 3. The lowest BCUT2D eigenvalue weighted by Crippen LogP contribution is -2.30. The van der Waals surface area contributed by atoms with E-state index in [0.717, 1.165) is 37.2 Å². The van der Waals surface area contributed by atoms with E-state index in [2.05, 4.69) is 20.2 Å². The van der Waals surface area contributed by atoms with Crippen LogP contribution in [0.4, 0.5) is 10.3 Å². The summed E-state index contributed by atoms with van der Waals surface area (Å²) >= 11 is 5.89. The maximum absolute atomic E-state index is 13.0. The Morgan fingerprint density at radius 2 is 1.76 bits per heavy atom. The molecule has 0 radical (unpaired) electrons. The maximum atomic E-state index is 13.0. The minimum atomic E-state index is -0.349. The third-order valence-electron chi connectivity index (χ3n) is 4.96. The molecule has 0 bridgehead atoms. The Morgan fingerprint density at radius 3 is 2.48 bits per heavy atom. The van der Waals surface area contributed by atoms with Crippen LogP contribution in [-0.2, 0) is 13.1 Å². The van der Waals surface area contributed by atoms with Crippen molar-refractivity contribution in [2.45, 2.75) is 25.6 Å². The number of anilines is 1. The lowest BCUT2D eigenvalue weighted by Gasteiger charge is -2.17. The standard InChI is InChI=1S/C21H21ClFN5O/c22-17-5-1-16(2-6-17)12-28-14-24-20(26-21(28)29)25-19-9-10-27(13-19)11-15-3-7-18(23)8-4-15/h1-8,14,19H,9-13H2,(H,25,26,29)/t19-/m0/s1. The van der Waals surface area contributed by atoms with E-state index in [1.807, 2.05) is 12.1 Å². The molecule has 0 saturated carbocycles. The summed E-state index contributed by atoms with van der Waals surface area (Å²) in [4.78, 5) is 23.0. The number of hydrogen-bond acceptors (Lipinski definition) is 5. The first-order chi connectivity index (χ1) is 14.0. The molecule has 1 N–H and O–H groups in total. The Kier molecular flexibility index (Phi) is 5.87. The Labute approximate surface area is 173 Å². The van der Waals surface area contributed by atoms with Crippen molar-refractivity contribution in [1.82, 2.24) is 19.4 Å². The third kappa shape index (κ3) is 5.19. The molecule has 1 fully saturated rings. The minimum absolute atomic E-state index is 0.168. The topological polar surface area (TPSA) is 63.1 Å². The fraction of sp³-hybridized carbons (Fsp3) is 0.286. The van der Waals surface area contributed by atoms with Gasteiger partial charge in [-0.05, 0) is 41.8 Å². The van der Waals surface area contributed by atoms with Gasteiger partial charge in [0.2, 0.25) is 5.95 Å². The molecule has 8 heteroatoms. The van der Waals surface area contributed by atoms with Crippen LogP contribution in [0.15, 0.2) is 59.7 Å². The average Bonchev–Trinajstić information content (AvgIpc) is 3.14. The number of benzene rings is 2. The van der Waals surface area contributed by atoms with E-state index in [1.165, 1.54) is 23.0 Å². The van der Waals surface area contributed by atoms with E-state index in [9.17, 15) is 9.18 Å². The number of likely N-dealkylation sites (tertiary alicyclic amines) is 1. The summed E-state index contributed by atoms with van der Waals surface area (Å²) in [7, 11) is 0. The van der Waals surface area contributed by atoms with E-state index in [-0.39, 0.29) is 17.5 Å². The van der Waals surface area contributed by atoms with Crippen LogP contribution in [-0.4, -0.2) is 38.6 Å². The van der Waals surface area contributed by atoms with Gasteiger partial charge in [0.05, 0.1) is 6.54 Å². The van der Waals surface area contributed by atoms with E-state index in [0.29, 0.717) is 17.5 Å². The van der Waals surface area contributed by atoms with Gasteiger partial charge in [-0.1, -0.05) is 35.9 Å². The molecule has 6 nitrogen and oxygen atoms in total. The molecule has 4 rings (SSSR count). The van der Waals surface area contributed by atoms with Gasteiger partial charge < -0.3 is 5.32 Å². The number of rotatable bonds is 6. The molecule has 1 aliphatic rings. The Morgan fingerprint density at radius 1 is 1.07 bits per heavy atom. The van der Waals surface area contributed by atoms with Crippen molar-refractivity contribution in [2.24, 2.45) is 0 Å². The van der Waals surface area contributed by atoms with Gasteiger partial charge >= 0.3 is 5.69 Å². The highest BCUT2D eigenvalue weighted by atomic mass is 35.5. The molecule has 1 atom stereocenters. The molecule has 2 heterocycles. The molecule has 0 amide bonds. The molecule has 1 aromatic heterocycles. The summed E-state index contributed by atoms with van der Waals surface area (Å²) < 4.78 is 14.5. The molecule has 2 aromatic carbocycles. The van der Waals surface area contributed by atoms with Crippen LogP contribution in [0.25, 0.3) is 0 Å². The number of halogens is 2. The largest absolute Gasteiger partial charge is 0.352 e. The first kappa shape index (κ1) is 19.5. The summed E-state index contributed by atoms with van der Waals surface area (Å²) in [5.74, 6) is 0.119. The van der Waals surface area contributed by atoms with Crippen molar-refractivity contribution in [3.63, 3.8) is 0 Å². The molecule has 1 aliphatic heterocycles. The Bertz CT molecular complexity index is 1020. The van der Waals surface area contributed by atoms with Gasteiger partial charge in [-0.2, -0.15) is 4.98 Å². The number of nitrogens with zero attached hydrogens (tertiary/aromatic N) is 4. The number of nitrogens with one attached hydrogen (secondary N) is 1. The van der Waals surface area contributed by atoms with Crippen molar-refractivity contribution in [1.29, 1.82) is 0 Å². The Balaban J connectivity index is 1.34. The van der Waals surface area contributed by atoms with Crippen LogP contribution >= 0.6 is 11.6 Å². The molecule has 150 valence electrons. The molecule has 0 aliphatic carbocycles. The van der Waals surface area contributed by atoms with E-state index in [1.54, 1.807) is 24.3 Å². The monoisotopic (exact) mass is 413 g/mol. The fourth-order valence-electron chi connectivity index (χ4n) is 3.45. The highest BCUT2D eigenvalue weighted by Gasteiger charge is 2.23. The third-order valence-corrected chi connectivity index (χ3v) is 5.21. The zero-order valence-corrected chi connectivity index (χ0v) is 16.5. The second kappa shape index (κ2) is 8.71. The quantitative estimate of drug-likeness (QED) is 0.672. The maximum Gasteiger partial charge on any atom is 0.352 e. The van der Waals surface area contributed by atoms with Gasteiger partial charge in [0.1, 0.15) is 12.1 Å². The van der Waals surface area contributed by atoms with Gasteiger partial charge in [0, 0.05) is 30.7 Å². The number of hydrogen-bond donors (Lipinski definition) is 1. The van der Waals surface area contributed by atoms with Gasteiger partial charge in [-0.25, -0.2) is 14.2 Å². The molecule has 0 unspecified atom stereocenters. The van der Waals surface area contributed by atoms with Crippen LogP contribution in [0.5, 0.6) is 0 Å². The first-order valence-corrected chi connectivity index (χ1v) is 9.84. The van der Waals surface area contributed by atoms with Crippen molar-refractivity contribution >= 4 is 17.5 Å². The highest BCUT2D eigenvalue weighted by molar-refractivity contribution is 6.30. The zero-order chi connectivity index (χ0) is 20.2. The van der Waals surface area contributed by atoms with Crippen molar-refractivity contribution < 1.29 is 4.39 Å². The summed E-state index contributed by atoms with van der Waals surface area (Å²) in [6, 6.07) is 14.1. The lowest BCUT2D eigenvalue weighted by atomic mass is 10.2. The molecule has 0 spiro atoms. The van der Waals surface area contributed by atoms with Crippen LogP contribution in [0.3, 0.4) is 0 Å². The Hall–Kier alpha value is -2.77. The summed E-state index contributed by atoms with van der Waals surface area (Å²) in [5, 5.41) is 3.91. The predicted molar refractivity (Wildman–Crippen MR) is 111 cm³/mol. The van der Waals surface area contributed by atoms with Crippen LogP contribution in [0, 0.1) is 5.82 Å². The summed E-state index contributed by atoms with van der Waals surface area (Å²) in [6.07, 6.45) is 2.44. The smallest absolute Gasteiger partial charge is 0.350 e. The zero-order valence-electron chi connectivity index (χ0n) is 15.8. The van der Waals surface area contributed by atoms with Crippen LogP contribution < -0.4 is 11.0 Å². The first-order valence-electron chi connectivity index (χ1n) is 9.46. The normalized spacial score (nSPS) is 16.8. The average molecular weight is 414 g/mol. The molecule has 3 aromatic rings. The second-order valence-corrected chi connectivity index (χ2v) is 7.64. The molecule has 1 saturated heterocycles. The van der Waals surface area contributed by atoms with E-state index >= 15 is 0 Å². The lowest BCUT2D eigenvalue weighted by molar-refractivity contribution is 0.328. The predicted octanol–water partition coefficient (Wildman–Crippen LogP) is 3.17. The van der Waals surface area contributed by atoms with Crippen molar-refractivity contribution in [3.8, 4) is 0 Å². The van der Waals surface area contributed by atoms with Crippen LogP contribution in [0.1, 0.15) is 17.5 Å². The van der Waals surface area contributed by atoms with Crippen LogP contribution in [0.2, 0.25) is 5.02 Å². The SMILES string of the molecule is O=c1nc(N[C@H]2CCN(Cc3ccc(F)cc3)C2)ncn1Cc1ccc(Cl)cc1. The highest BCUT2D eigenvalue weighted by Crippen LogP contribution is 2.16.